The number of benzene rings is 1. The first-order valence-electron chi connectivity index (χ1n) is 7.31. The van der Waals surface area contributed by atoms with Gasteiger partial charge in [0.05, 0.1) is 12.3 Å². The van der Waals surface area contributed by atoms with Crippen molar-refractivity contribution < 1.29 is 18.4 Å². The molecule has 2 aromatic rings. The molecule has 0 saturated heterocycles. The molecule has 1 aliphatic heterocycles. The smallest absolute Gasteiger partial charge is 0.267 e. The van der Waals surface area contributed by atoms with Gasteiger partial charge in [-0.15, -0.1) is 0 Å². The molecule has 1 amide bonds. The van der Waals surface area contributed by atoms with Crippen LogP contribution >= 0.6 is 0 Å². The third kappa shape index (κ3) is 3.26. The molecule has 1 aromatic carbocycles. The minimum absolute atomic E-state index is 0.277. The monoisotopic (exact) mass is 316 g/mol. The van der Waals surface area contributed by atoms with Crippen LogP contribution in [0.15, 0.2) is 46.0 Å². The van der Waals surface area contributed by atoms with Crippen molar-refractivity contribution in [1.82, 2.24) is 5.32 Å². The summed E-state index contributed by atoms with van der Waals surface area (Å²) in [5, 5.41) is 6.72. The van der Waals surface area contributed by atoms with E-state index in [4.69, 9.17) is 9.25 Å². The quantitative estimate of drug-likeness (QED) is 0.943. The van der Waals surface area contributed by atoms with Crippen LogP contribution in [-0.2, 0) is 16.2 Å². The second-order valence-corrected chi connectivity index (χ2v) is 5.74. The Balaban J connectivity index is 1.63. The van der Waals surface area contributed by atoms with Gasteiger partial charge in [-0.25, -0.2) is 4.39 Å². The second kappa shape index (κ2) is 5.87. The van der Waals surface area contributed by atoms with Crippen molar-refractivity contribution in [2.24, 2.45) is 5.16 Å². The molecule has 0 radical (unpaired) electrons. The molecule has 0 saturated carbocycles. The fourth-order valence-corrected chi connectivity index (χ4v) is 2.42. The molecule has 1 N–H and O–H groups in total. The highest BCUT2D eigenvalue weighted by Gasteiger charge is 2.42. The first kappa shape index (κ1) is 15.3. The average molecular weight is 316 g/mol. The second-order valence-electron chi connectivity index (χ2n) is 5.74. The Bertz CT molecular complexity index is 769. The number of hydrogen-bond donors (Lipinski definition) is 1. The molecule has 0 unspecified atom stereocenters. The molecule has 1 aliphatic rings. The number of carbonyl (C=O) groups is 1. The zero-order valence-electron chi connectivity index (χ0n) is 12.9. The van der Waals surface area contributed by atoms with E-state index in [0.717, 1.165) is 5.76 Å². The number of nitrogens with one attached hydrogen (secondary N) is 1. The van der Waals surface area contributed by atoms with Crippen LogP contribution in [0.5, 0.6) is 0 Å². The van der Waals surface area contributed by atoms with Crippen LogP contribution in [0.3, 0.4) is 0 Å². The summed E-state index contributed by atoms with van der Waals surface area (Å²) in [5.74, 6) is 0.816. The number of halogens is 1. The van der Waals surface area contributed by atoms with Crippen LogP contribution in [0.1, 0.15) is 30.4 Å². The van der Waals surface area contributed by atoms with Crippen LogP contribution in [0.2, 0.25) is 0 Å². The summed E-state index contributed by atoms with van der Waals surface area (Å²) < 4.78 is 18.7. The number of nitrogens with zero attached hydrogens (tertiary/aromatic N) is 1. The lowest BCUT2D eigenvalue weighted by molar-refractivity contribution is -0.142. The third-order valence-corrected chi connectivity index (χ3v) is 3.72. The molecule has 0 fully saturated rings. The molecule has 0 spiro atoms. The van der Waals surface area contributed by atoms with Crippen LogP contribution in [-0.4, -0.2) is 17.2 Å². The minimum Gasteiger partial charge on any atom is -0.465 e. The lowest BCUT2D eigenvalue weighted by atomic mass is 9.95. The predicted octanol–water partition coefficient (Wildman–Crippen LogP) is 2.93. The zero-order valence-corrected chi connectivity index (χ0v) is 12.9. The van der Waals surface area contributed by atoms with Crippen molar-refractivity contribution in [2.45, 2.75) is 32.4 Å². The van der Waals surface area contributed by atoms with Gasteiger partial charge in [-0.05, 0) is 38.1 Å². The van der Waals surface area contributed by atoms with E-state index < -0.39 is 5.60 Å². The van der Waals surface area contributed by atoms with Crippen LogP contribution in [0.25, 0.3) is 0 Å². The summed E-state index contributed by atoms with van der Waals surface area (Å²) in [6.07, 6.45) is 0.277. The maximum Gasteiger partial charge on any atom is 0.267 e. The summed E-state index contributed by atoms with van der Waals surface area (Å²) in [7, 11) is 0. The van der Waals surface area contributed by atoms with Crippen LogP contribution in [0.4, 0.5) is 4.39 Å². The normalized spacial score (nSPS) is 20.0. The topological polar surface area (TPSA) is 63.8 Å². The molecule has 1 atom stereocenters. The highest BCUT2D eigenvalue weighted by atomic mass is 19.1. The van der Waals surface area contributed by atoms with Crippen LogP contribution < -0.4 is 5.32 Å². The highest BCUT2D eigenvalue weighted by Crippen LogP contribution is 2.27. The largest absolute Gasteiger partial charge is 0.465 e. The predicted molar refractivity (Wildman–Crippen MR) is 82.3 cm³/mol. The maximum atomic E-state index is 13.3. The number of hydrogen-bond acceptors (Lipinski definition) is 4. The van der Waals surface area contributed by atoms with Gasteiger partial charge in [0.2, 0.25) is 5.60 Å². The van der Waals surface area contributed by atoms with E-state index in [1.165, 1.54) is 12.1 Å². The Morgan fingerprint density at radius 3 is 2.91 bits per heavy atom. The first-order chi connectivity index (χ1) is 11.0. The highest BCUT2D eigenvalue weighted by molar-refractivity contribution is 6.05. The minimum atomic E-state index is -1.11. The molecule has 23 heavy (non-hydrogen) atoms. The Hall–Kier alpha value is -2.63. The van der Waals surface area contributed by atoms with E-state index in [1.54, 1.807) is 19.1 Å². The molecule has 6 heteroatoms. The van der Waals surface area contributed by atoms with E-state index in [9.17, 15) is 9.18 Å². The fraction of sp³-hybridized carbons (Fsp3) is 0.294. The third-order valence-electron chi connectivity index (χ3n) is 3.72. The zero-order chi connectivity index (χ0) is 16.4. The molecule has 0 aliphatic carbocycles. The summed E-state index contributed by atoms with van der Waals surface area (Å²) in [6, 6.07) is 9.71. The molecule has 0 bridgehead atoms. The first-order valence-corrected chi connectivity index (χ1v) is 7.31. The van der Waals surface area contributed by atoms with Gasteiger partial charge in [-0.2, -0.15) is 0 Å². The molecule has 1 aromatic heterocycles. The Kier molecular flexibility index (Phi) is 3.90. The van der Waals surface area contributed by atoms with Gasteiger partial charge in [0.15, 0.2) is 0 Å². The lowest BCUT2D eigenvalue weighted by Gasteiger charge is -2.20. The maximum absolute atomic E-state index is 13.3. The van der Waals surface area contributed by atoms with E-state index in [-0.39, 0.29) is 24.7 Å². The van der Waals surface area contributed by atoms with Gasteiger partial charge in [0.25, 0.3) is 5.91 Å². The van der Waals surface area contributed by atoms with Gasteiger partial charge in [-0.3, -0.25) is 4.79 Å². The number of carbonyl (C=O) groups excluding carboxylic acids is 1. The molecule has 120 valence electrons. The average Bonchev–Trinajstić information content (AvgIpc) is 3.12. The molecule has 5 nitrogen and oxygen atoms in total. The number of furan rings is 1. The molecule has 3 rings (SSSR count). The summed E-state index contributed by atoms with van der Waals surface area (Å²) in [6.45, 7) is 3.78. The number of oxime groups is 1. The van der Waals surface area contributed by atoms with E-state index >= 15 is 0 Å². The summed E-state index contributed by atoms with van der Waals surface area (Å²) in [4.78, 5) is 17.7. The van der Waals surface area contributed by atoms with Crippen molar-refractivity contribution in [3.63, 3.8) is 0 Å². The summed E-state index contributed by atoms with van der Waals surface area (Å²) >= 11 is 0. The van der Waals surface area contributed by atoms with E-state index in [0.29, 0.717) is 17.0 Å². The number of amides is 1. The number of rotatable bonds is 4. The van der Waals surface area contributed by atoms with Crippen LogP contribution in [0, 0.1) is 12.7 Å². The lowest BCUT2D eigenvalue weighted by Crippen LogP contribution is -2.44. The van der Waals surface area contributed by atoms with Gasteiger partial charge in [0.1, 0.15) is 17.3 Å². The molecular formula is C17H17FN2O3. The van der Waals surface area contributed by atoms with Gasteiger partial charge in [0, 0.05) is 12.0 Å². The van der Waals surface area contributed by atoms with Crippen molar-refractivity contribution >= 4 is 11.6 Å². The summed E-state index contributed by atoms with van der Waals surface area (Å²) in [5.41, 5.74) is 0.0581. The van der Waals surface area contributed by atoms with Gasteiger partial charge < -0.3 is 14.6 Å². The molecular weight excluding hydrogens is 299 g/mol. The van der Waals surface area contributed by atoms with Crippen molar-refractivity contribution in [3.8, 4) is 0 Å². The molecule has 2 heterocycles. The van der Waals surface area contributed by atoms with Crippen molar-refractivity contribution in [3.05, 3.63) is 59.3 Å². The van der Waals surface area contributed by atoms with E-state index in [2.05, 4.69) is 10.5 Å². The number of aryl methyl sites for hydroxylation is 1. The SMILES string of the molecule is Cc1ccc(CNC(=O)[C@]2(C)CC(c3cccc(F)c3)=NO2)o1. The Labute approximate surface area is 133 Å². The van der Waals surface area contributed by atoms with Crippen molar-refractivity contribution in [1.29, 1.82) is 0 Å². The van der Waals surface area contributed by atoms with Gasteiger partial charge in [-0.1, -0.05) is 17.3 Å². The fourth-order valence-electron chi connectivity index (χ4n) is 2.42. The van der Waals surface area contributed by atoms with Gasteiger partial charge >= 0.3 is 0 Å². The van der Waals surface area contributed by atoms with E-state index in [1.807, 2.05) is 19.1 Å². The van der Waals surface area contributed by atoms with Crippen molar-refractivity contribution in [2.75, 3.05) is 0 Å². The Morgan fingerprint density at radius 2 is 2.22 bits per heavy atom. The Morgan fingerprint density at radius 1 is 1.39 bits per heavy atom. The standard InChI is InChI=1S/C17H17FN2O3/c1-11-6-7-14(22-11)10-19-16(21)17(2)9-15(20-23-17)12-4-3-5-13(18)8-12/h3-8H,9-10H2,1-2H3,(H,19,21)/t17-/m0/s1.